The molecule has 0 amide bonds. The van der Waals surface area contributed by atoms with Crippen LogP contribution in [-0.4, -0.2) is 6.71 Å². The molecular weight excluding hydrogens is 735 g/mol. The molecule has 0 aromatic heterocycles. The Morgan fingerprint density at radius 2 is 1.10 bits per heavy atom. The third-order valence-corrected chi connectivity index (χ3v) is 15.6. The van der Waals surface area contributed by atoms with Crippen LogP contribution in [0.3, 0.4) is 0 Å². The molecular formula is C58H65BN2. The van der Waals surface area contributed by atoms with E-state index >= 15 is 0 Å². The first-order chi connectivity index (χ1) is 29.9. The van der Waals surface area contributed by atoms with E-state index in [2.05, 4.69) is 190 Å². The minimum Gasteiger partial charge on any atom is -0.311 e. The summed E-state index contributed by atoms with van der Waals surface area (Å²) in [6.07, 6.45) is 4.48. The number of aryl methyl sites for hydroxylation is 2. The molecule has 0 saturated carbocycles. The lowest BCUT2D eigenvalue weighted by atomic mass is 9.33. The van der Waals surface area contributed by atoms with Gasteiger partial charge in [-0.15, -0.1) is 0 Å². The molecule has 4 aliphatic rings. The van der Waals surface area contributed by atoms with Crippen molar-refractivity contribution in [1.29, 1.82) is 0 Å². The molecule has 3 heteroatoms. The van der Waals surface area contributed by atoms with Crippen molar-refractivity contribution >= 4 is 57.2 Å². The van der Waals surface area contributed by atoms with E-state index in [1.807, 2.05) is 12.1 Å². The highest BCUT2D eigenvalue weighted by molar-refractivity contribution is 7.00. The fourth-order valence-electron chi connectivity index (χ4n) is 11.4. The summed E-state index contributed by atoms with van der Waals surface area (Å²) in [5, 5.41) is 0. The van der Waals surface area contributed by atoms with Crippen LogP contribution in [0, 0.1) is 13.8 Å². The zero-order valence-electron chi connectivity index (χ0n) is 41.7. The first-order valence-electron chi connectivity index (χ1n) is 24.3. The number of rotatable bonds is 3. The molecule has 0 fully saturated rings. The highest BCUT2D eigenvalue weighted by atomic mass is 15.2. The molecule has 310 valence electrons. The number of hydrogen-bond acceptors (Lipinski definition) is 2. The van der Waals surface area contributed by atoms with Crippen molar-refractivity contribution in [2.75, 3.05) is 9.80 Å². The zero-order valence-corrected chi connectivity index (χ0v) is 38.7. The molecule has 2 heterocycles. The monoisotopic (exact) mass is 804 g/mol. The highest BCUT2D eigenvalue weighted by Crippen LogP contribution is 2.53. The van der Waals surface area contributed by atoms with E-state index in [9.17, 15) is 0 Å². The van der Waals surface area contributed by atoms with Gasteiger partial charge in [0, 0.05) is 38.2 Å². The Bertz CT molecular complexity index is 2890. The maximum atomic E-state index is 9.08. The van der Waals surface area contributed by atoms with Crippen molar-refractivity contribution in [3.8, 4) is 11.1 Å². The van der Waals surface area contributed by atoms with Gasteiger partial charge in [-0.3, -0.25) is 0 Å². The van der Waals surface area contributed by atoms with Gasteiger partial charge in [-0.1, -0.05) is 143 Å². The zero-order chi connectivity index (χ0) is 45.7. The summed E-state index contributed by atoms with van der Waals surface area (Å²) < 4.78 is 27.3. The van der Waals surface area contributed by atoms with Crippen LogP contribution < -0.4 is 26.2 Å². The van der Waals surface area contributed by atoms with Gasteiger partial charge in [0.15, 0.2) is 0 Å². The lowest BCUT2D eigenvalue weighted by Gasteiger charge is -2.48. The van der Waals surface area contributed by atoms with Crippen LogP contribution in [0.2, 0.25) is 0 Å². The molecule has 0 atom stereocenters. The summed E-state index contributed by atoms with van der Waals surface area (Å²) in [5.74, 6) is 0. The second kappa shape index (κ2) is 13.2. The Morgan fingerprint density at radius 3 is 1.74 bits per heavy atom. The average Bonchev–Trinajstić information content (AvgIpc) is 3.23. The van der Waals surface area contributed by atoms with Crippen LogP contribution in [0.4, 0.5) is 34.1 Å². The quantitative estimate of drug-likeness (QED) is 0.164. The highest BCUT2D eigenvalue weighted by Gasteiger charge is 2.47. The molecule has 2 aliphatic carbocycles. The van der Waals surface area contributed by atoms with Gasteiger partial charge in [0.1, 0.15) is 0 Å². The van der Waals surface area contributed by atoms with Crippen LogP contribution >= 0.6 is 0 Å². The Labute approximate surface area is 371 Å². The predicted molar refractivity (Wildman–Crippen MR) is 265 cm³/mol. The second-order valence-corrected chi connectivity index (χ2v) is 22.6. The third-order valence-electron chi connectivity index (χ3n) is 15.6. The van der Waals surface area contributed by atoms with Crippen molar-refractivity contribution in [2.24, 2.45) is 0 Å². The van der Waals surface area contributed by atoms with E-state index in [1.165, 1.54) is 38.7 Å². The molecule has 2 nitrogen and oxygen atoms in total. The maximum absolute atomic E-state index is 9.08. The van der Waals surface area contributed by atoms with Crippen LogP contribution in [0.25, 0.3) is 11.1 Å². The van der Waals surface area contributed by atoms with E-state index in [-0.39, 0.29) is 33.8 Å². The van der Waals surface area contributed by atoms with Gasteiger partial charge in [-0.25, -0.2) is 0 Å². The lowest BCUT2D eigenvalue weighted by molar-refractivity contribution is 0.332. The lowest BCUT2D eigenvalue weighted by Crippen LogP contribution is -2.62. The van der Waals surface area contributed by atoms with E-state index in [0.29, 0.717) is 5.56 Å². The molecule has 0 radical (unpaired) electrons. The van der Waals surface area contributed by atoms with Gasteiger partial charge in [0.2, 0.25) is 0 Å². The molecule has 0 bridgehead atoms. The SMILES string of the molecule is [2H]C([2H])([2H])c1cc2c3c(c1)N(c1cc(-c4ccccc4)ccc1C)c1ccc(C(C)(C)C)cc1B3c1cc3c(cc1N2c1ccc2c(c1)C(C)(C)CCC2(C)C)C(C)(C)CCC3(C)C. The Morgan fingerprint density at radius 1 is 0.508 bits per heavy atom. The number of anilines is 6. The van der Waals surface area contributed by atoms with Crippen LogP contribution in [0.15, 0.2) is 109 Å². The smallest absolute Gasteiger partial charge is 0.252 e. The van der Waals surface area contributed by atoms with E-state index < -0.39 is 6.85 Å². The summed E-state index contributed by atoms with van der Waals surface area (Å²) in [4.78, 5) is 4.88. The Kier molecular flexibility index (Phi) is 7.95. The summed E-state index contributed by atoms with van der Waals surface area (Å²) in [6.45, 7) is 25.9. The van der Waals surface area contributed by atoms with Gasteiger partial charge in [0.05, 0.1) is 0 Å². The van der Waals surface area contributed by atoms with Crippen molar-refractivity contribution in [2.45, 2.75) is 143 Å². The summed E-state index contributed by atoms with van der Waals surface area (Å²) in [5.41, 5.74) is 20.6. The standard InChI is InChI=1S/C58H65BN2/c1-36-29-51-53-52(30-36)61(49-31-39(20-19-37(49)2)38-17-15-14-16-18-38)48-24-21-40(54(3,4)5)32-46(48)59(53)47-34-44-45(58(12,13)28-27-57(44,10)11)35-50(47)60(51)41-22-23-42-43(33-41)56(8,9)26-25-55(42,6)7/h14-24,29-35H,25-28H2,1-13H3/i1D3. The number of fused-ring (bicyclic) bond motifs is 6. The minimum absolute atomic E-state index is 0.00779. The van der Waals surface area contributed by atoms with Crippen molar-refractivity contribution in [3.63, 3.8) is 0 Å². The first-order valence-corrected chi connectivity index (χ1v) is 22.8. The summed E-state index contributed by atoms with van der Waals surface area (Å²) in [6, 6.07) is 40.7. The van der Waals surface area contributed by atoms with Gasteiger partial charge < -0.3 is 9.80 Å². The van der Waals surface area contributed by atoms with Gasteiger partial charge in [0.25, 0.3) is 6.71 Å². The predicted octanol–water partition coefficient (Wildman–Crippen LogP) is 14.0. The number of hydrogen-bond donors (Lipinski definition) is 0. The molecule has 6 aromatic rings. The number of nitrogens with zero attached hydrogens (tertiary/aromatic N) is 2. The summed E-state index contributed by atoms with van der Waals surface area (Å²) in [7, 11) is 0. The Balaban J connectivity index is 1.36. The van der Waals surface area contributed by atoms with Crippen molar-refractivity contribution in [1.82, 2.24) is 0 Å². The molecule has 0 saturated heterocycles. The molecule has 0 unspecified atom stereocenters. The normalized spacial score (nSPS) is 19.7. The molecule has 10 rings (SSSR count). The van der Waals surface area contributed by atoms with Gasteiger partial charge in [-0.2, -0.15) is 0 Å². The average molecular weight is 804 g/mol. The molecule has 0 spiro atoms. The topological polar surface area (TPSA) is 6.48 Å². The second-order valence-electron chi connectivity index (χ2n) is 22.6. The van der Waals surface area contributed by atoms with E-state index in [1.54, 1.807) is 0 Å². The van der Waals surface area contributed by atoms with Crippen molar-refractivity contribution in [3.05, 3.63) is 148 Å². The fourth-order valence-corrected chi connectivity index (χ4v) is 11.4. The third kappa shape index (κ3) is 6.18. The maximum Gasteiger partial charge on any atom is 0.252 e. The van der Waals surface area contributed by atoms with E-state index in [4.69, 9.17) is 4.11 Å². The molecule has 6 aromatic carbocycles. The van der Waals surface area contributed by atoms with E-state index in [0.717, 1.165) is 82.0 Å². The Hall–Kier alpha value is -5.02. The fraction of sp³-hybridized carbons (Fsp3) is 0.379. The largest absolute Gasteiger partial charge is 0.311 e. The van der Waals surface area contributed by atoms with Crippen LogP contribution in [0.1, 0.15) is 145 Å². The van der Waals surface area contributed by atoms with Gasteiger partial charge >= 0.3 is 0 Å². The van der Waals surface area contributed by atoms with Crippen LogP contribution in [-0.2, 0) is 27.1 Å². The minimum atomic E-state index is -2.35. The molecule has 2 aliphatic heterocycles. The van der Waals surface area contributed by atoms with Crippen molar-refractivity contribution < 1.29 is 4.11 Å². The van der Waals surface area contributed by atoms with Crippen LogP contribution in [0.5, 0.6) is 0 Å². The molecule has 61 heavy (non-hydrogen) atoms. The number of benzene rings is 6. The first kappa shape index (κ1) is 36.6. The summed E-state index contributed by atoms with van der Waals surface area (Å²) >= 11 is 0. The molecule has 0 N–H and O–H groups in total. The van der Waals surface area contributed by atoms with Gasteiger partial charge in [-0.05, 0) is 175 Å².